The lowest BCUT2D eigenvalue weighted by atomic mass is 10.3. The fraction of sp³-hybridized carbons (Fsp3) is 0.0909. The van der Waals surface area contributed by atoms with Crippen LogP contribution in [0.1, 0.15) is 5.56 Å². The first-order chi connectivity index (χ1) is 8.40. The summed E-state index contributed by atoms with van der Waals surface area (Å²) in [5.74, 6) is 0. The second kappa shape index (κ2) is 4.80. The Morgan fingerprint density at radius 2 is 1.61 bits per heavy atom. The van der Waals surface area contributed by atoms with E-state index >= 15 is 0 Å². The Bertz CT molecular complexity index is 714. The monoisotopic (exact) mass is 304 g/mol. The highest BCUT2D eigenvalue weighted by Crippen LogP contribution is 2.20. The van der Waals surface area contributed by atoms with E-state index in [4.69, 9.17) is 34.8 Å². The number of hydrogen-bond acceptors (Lipinski definition) is 2. The van der Waals surface area contributed by atoms with Gasteiger partial charge in [-0.3, -0.25) is 9.78 Å². The molecule has 0 aliphatic carbocycles. The number of H-pyrrole nitrogens is 1. The van der Waals surface area contributed by atoms with E-state index in [0.29, 0.717) is 15.7 Å². The normalized spacial score (nSPS) is 10.7. The summed E-state index contributed by atoms with van der Waals surface area (Å²) in [6.45, 7) is 1.52. The van der Waals surface area contributed by atoms with E-state index in [-0.39, 0.29) is 10.7 Å². The summed E-state index contributed by atoms with van der Waals surface area (Å²) in [6.07, 6.45) is 0. The fourth-order valence-corrected chi connectivity index (χ4v) is 2.18. The van der Waals surface area contributed by atoms with Crippen molar-refractivity contribution < 1.29 is 0 Å². The number of rotatable bonds is 1. The zero-order chi connectivity index (χ0) is 13.4. The van der Waals surface area contributed by atoms with E-state index in [2.05, 4.69) is 4.98 Å². The molecule has 4 nitrogen and oxygen atoms in total. The highest BCUT2D eigenvalue weighted by Gasteiger charge is 2.11. The highest BCUT2D eigenvalue weighted by molar-refractivity contribution is 6.34. The maximum absolute atomic E-state index is 12.0. The Morgan fingerprint density at radius 3 is 2.17 bits per heavy atom. The molecule has 0 amide bonds. The van der Waals surface area contributed by atoms with Crippen LogP contribution in [0.5, 0.6) is 0 Å². The predicted molar refractivity (Wildman–Crippen MR) is 72.4 cm³/mol. The minimum atomic E-state index is -0.645. The molecule has 0 atom stereocenters. The summed E-state index contributed by atoms with van der Waals surface area (Å²) in [5.41, 5.74) is -0.623. The largest absolute Gasteiger partial charge is 0.334 e. The summed E-state index contributed by atoms with van der Waals surface area (Å²) in [7, 11) is 0. The smallest absolute Gasteiger partial charge is 0.297 e. The molecule has 2 rings (SSSR count). The molecule has 1 N–H and O–H groups in total. The quantitative estimate of drug-likeness (QED) is 0.824. The molecule has 0 saturated carbocycles. The second-order valence-corrected chi connectivity index (χ2v) is 4.89. The molecule has 1 aromatic heterocycles. The SMILES string of the molecule is Cc1c(Cl)[nH]c(=O)n(-c2cc(Cl)cc(Cl)c2)c1=O. The van der Waals surface area contributed by atoms with Crippen LogP contribution in [0.4, 0.5) is 0 Å². The fourth-order valence-electron chi connectivity index (χ4n) is 1.50. The summed E-state index contributed by atoms with van der Waals surface area (Å²) in [4.78, 5) is 26.2. The van der Waals surface area contributed by atoms with Crippen molar-refractivity contribution in [3.05, 3.63) is 59.8 Å². The zero-order valence-corrected chi connectivity index (χ0v) is 11.4. The van der Waals surface area contributed by atoms with Gasteiger partial charge >= 0.3 is 5.69 Å². The van der Waals surface area contributed by atoms with Gasteiger partial charge in [0.05, 0.1) is 11.3 Å². The number of nitrogens with zero attached hydrogens (tertiary/aromatic N) is 1. The van der Waals surface area contributed by atoms with Crippen molar-refractivity contribution in [2.45, 2.75) is 6.92 Å². The van der Waals surface area contributed by atoms with Crippen LogP contribution in [0.3, 0.4) is 0 Å². The molecule has 0 bridgehead atoms. The van der Waals surface area contributed by atoms with Crippen molar-refractivity contribution in [3.63, 3.8) is 0 Å². The molecule has 18 heavy (non-hydrogen) atoms. The van der Waals surface area contributed by atoms with Crippen LogP contribution < -0.4 is 11.2 Å². The number of benzene rings is 1. The molecule has 2 aromatic rings. The van der Waals surface area contributed by atoms with Crippen molar-refractivity contribution in [1.29, 1.82) is 0 Å². The van der Waals surface area contributed by atoms with Crippen LogP contribution in [-0.4, -0.2) is 9.55 Å². The molecule has 94 valence electrons. The lowest BCUT2D eigenvalue weighted by Gasteiger charge is -2.07. The van der Waals surface area contributed by atoms with Crippen molar-refractivity contribution in [2.24, 2.45) is 0 Å². The van der Waals surface area contributed by atoms with Gasteiger partial charge in [-0.15, -0.1) is 0 Å². The molecule has 0 saturated heterocycles. The summed E-state index contributed by atoms with van der Waals surface area (Å²) in [6, 6.07) is 4.45. The van der Waals surface area contributed by atoms with Gasteiger partial charge in [0.25, 0.3) is 5.56 Å². The Morgan fingerprint density at radius 1 is 1.06 bits per heavy atom. The molecule has 0 fully saturated rings. The van der Waals surface area contributed by atoms with Crippen molar-refractivity contribution in [3.8, 4) is 5.69 Å². The van der Waals surface area contributed by atoms with Gasteiger partial charge in [-0.2, -0.15) is 0 Å². The molecule has 0 aliphatic rings. The molecule has 0 radical (unpaired) electrons. The molecular formula is C11H7Cl3N2O2. The van der Waals surface area contributed by atoms with Crippen molar-refractivity contribution in [1.82, 2.24) is 9.55 Å². The van der Waals surface area contributed by atoms with Crippen LogP contribution >= 0.6 is 34.8 Å². The van der Waals surface area contributed by atoms with E-state index < -0.39 is 11.2 Å². The first kappa shape index (κ1) is 13.2. The summed E-state index contributed by atoms with van der Waals surface area (Å²) >= 11 is 17.4. The molecule has 7 heteroatoms. The van der Waals surface area contributed by atoms with Gasteiger partial charge in [-0.1, -0.05) is 34.8 Å². The Hall–Kier alpha value is -1.23. The predicted octanol–water partition coefficient (Wildman–Crippen LogP) is 2.79. The average Bonchev–Trinajstić information content (AvgIpc) is 2.24. The van der Waals surface area contributed by atoms with Gasteiger partial charge in [0.1, 0.15) is 5.15 Å². The zero-order valence-electron chi connectivity index (χ0n) is 9.13. The topological polar surface area (TPSA) is 54.9 Å². The molecule has 0 spiro atoms. The van der Waals surface area contributed by atoms with Gasteiger partial charge in [0.15, 0.2) is 0 Å². The van der Waals surface area contributed by atoms with Gasteiger partial charge in [0.2, 0.25) is 0 Å². The number of nitrogens with one attached hydrogen (secondary N) is 1. The average molecular weight is 306 g/mol. The minimum Gasteiger partial charge on any atom is -0.297 e. The number of hydrogen-bond donors (Lipinski definition) is 1. The molecule has 1 aromatic carbocycles. The molecule has 1 heterocycles. The second-order valence-electron chi connectivity index (χ2n) is 3.64. The van der Waals surface area contributed by atoms with Crippen LogP contribution in [0.15, 0.2) is 27.8 Å². The minimum absolute atomic E-state index is 0.0226. The number of aromatic nitrogens is 2. The standard InChI is InChI=1S/C11H7Cl3N2O2/c1-5-9(14)15-11(18)16(10(5)17)8-3-6(12)2-7(13)4-8/h2-4H,1H3,(H,15,18). The van der Waals surface area contributed by atoms with Gasteiger partial charge in [0, 0.05) is 10.0 Å². The van der Waals surface area contributed by atoms with Crippen molar-refractivity contribution >= 4 is 34.8 Å². The first-order valence-electron chi connectivity index (χ1n) is 4.88. The van der Waals surface area contributed by atoms with E-state index in [1.807, 2.05) is 0 Å². The number of aromatic amines is 1. The van der Waals surface area contributed by atoms with Crippen molar-refractivity contribution in [2.75, 3.05) is 0 Å². The van der Waals surface area contributed by atoms with Gasteiger partial charge in [-0.05, 0) is 25.1 Å². The number of halogens is 3. The van der Waals surface area contributed by atoms with Crippen LogP contribution in [-0.2, 0) is 0 Å². The Kier molecular flexibility index (Phi) is 3.52. The van der Waals surface area contributed by atoms with E-state index in [9.17, 15) is 9.59 Å². The highest BCUT2D eigenvalue weighted by atomic mass is 35.5. The van der Waals surface area contributed by atoms with E-state index in [0.717, 1.165) is 4.57 Å². The van der Waals surface area contributed by atoms with E-state index in [1.165, 1.54) is 25.1 Å². The molecule has 0 unspecified atom stereocenters. The van der Waals surface area contributed by atoms with E-state index in [1.54, 1.807) is 0 Å². The summed E-state index contributed by atoms with van der Waals surface area (Å²) in [5, 5.41) is 0.683. The van der Waals surface area contributed by atoms with Gasteiger partial charge in [-0.25, -0.2) is 9.36 Å². The maximum Gasteiger partial charge on any atom is 0.334 e. The lowest BCUT2D eigenvalue weighted by Crippen LogP contribution is -2.35. The Labute approximate surface area is 117 Å². The third-order valence-corrected chi connectivity index (χ3v) is 3.19. The van der Waals surface area contributed by atoms with Crippen LogP contribution in [0.2, 0.25) is 15.2 Å². The Balaban J connectivity index is 2.84. The van der Waals surface area contributed by atoms with Crippen LogP contribution in [0.25, 0.3) is 5.69 Å². The maximum atomic E-state index is 12.0. The lowest BCUT2D eigenvalue weighted by molar-refractivity contribution is 0.860. The molecule has 0 aliphatic heterocycles. The third-order valence-electron chi connectivity index (χ3n) is 2.38. The summed E-state index contributed by atoms with van der Waals surface area (Å²) < 4.78 is 0.930. The van der Waals surface area contributed by atoms with Crippen LogP contribution in [0, 0.1) is 6.92 Å². The third kappa shape index (κ3) is 2.32. The first-order valence-corrected chi connectivity index (χ1v) is 6.01. The molecular weight excluding hydrogens is 298 g/mol. The van der Waals surface area contributed by atoms with Gasteiger partial charge < -0.3 is 0 Å².